The minimum atomic E-state index is -0.0721. The first-order valence-electron chi connectivity index (χ1n) is 4.21. The van der Waals surface area contributed by atoms with Gasteiger partial charge in [-0.2, -0.15) is 0 Å². The van der Waals surface area contributed by atoms with E-state index in [0.717, 1.165) is 19.3 Å². The second-order valence-electron chi connectivity index (χ2n) is 2.58. The number of rotatable bonds is 8. The third-order valence-corrected chi connectivity index (χ3v) is 1.44. The molecule has 0 aliphatic carbocycles. The monoisotopic (exact) mass is 175 g/mol. The maximum absolute atomic E-state index is 10.6. The Bertz CT molecular complexity index is 117. The Balaban J connectivity index is 2.95. The van der Waals surface area contributed by atoms with Gasteiger partial charge < -0.3 is 15.6 Å². The molecular weight excluding hydrogens is 158 g/mol. The predicted octanol–water partition coefficient (Wildman–Crippen LogP) is -0.307. The molecule has 0 saturated carbocycles. The van der Waals surface area contributed by atoms with Gasteiger partial charge in [-0.3, -0.25) is 4.79 Å². The first-order valence-corrected chi connectivity index (χ1v) is 4.21. The Hall–Kier alpha value is -0.450. The van der Waals surface area contributed by atoms with Crippen LogP contribution in [0.5, 0.6) is 0 Å². The van der Waals surface area contributed by atoms with Crippen molar-refractivity contribution in [1.29, 1.82) is 0 Å². The van der Waals surface area contributed by atoms with Gasteiger partial charge in [-0.25, -0.2) is 0 Å². The predicted molar refractivity (Wildman–Crippen MR) is 45.8 cm³/mol. The number of carbonyl (C=O) groups is 1. The van der Waals surface area contributed by atoms with Gasteiger partial charge in [0.15, 0.2) is 5.78 Å². The molecule has 0 aromatic rings. The van der Waals surface area contributed by atoms with Crippen LogP contribution in [-0.4, -0.2) is 37.3 Å². The van der Waals surface area contributed by atoms with Gasteiger partial charge in [0.1, 0.15) is 6.61 Å². The Morgan fingerprint density at radius 1 is 1.33 bits per heavy atom. The summed E-state index contributed by atoms with van der Waals surface area (Å²) in [4.78, 5) is 10.6. The summed E-state index contributed by atoms with van der Waals surface area (Å²) in [6.45, 7) is 0.972. The molecule has 0 rings (SSSR count). The van der Waals surface area contributed by atoms with Crippen LogP contribution in [0.3, 0.4) is 0 Å². The van der Waals surface area contributed by atoms with Crippen LogP contribution in [0.15, 0.2) is 0 Å². The SMILES string of the molecule is NCC(=O)COCCCCCO. The van der Waals surface area contributed by atoms with E-state index < -0.39 is 0 Å². The molecule has 0 saturated heterocycles. The smallest absolute Gasteiger partial charge is 0.171 e. The van der Waals surface area contributed by atoms with Crippen molar-refractivity contribution in [2.75, 3.05) is 26.4 Å². The highest BCUT2D eigenvalue weighted by Crippen LogP contribution is 1.94. The van der Waals surface area contributed by atoms with Crippen molar-refractivity contribution < 1.29 is 14.6 Å². The molecule has 0 aromatic carbocycles. The van der Waals surface area contributed by atoms with E-state index in [4.69, 9.17) is 15.6 Å². The molecule has 0 unspecified atom stereocenters. The number of ketones is 1. The molecule has 0 heterocycles. The van der Waals surface area contributed by atoms with Crippen molar-refractivity contribution in [1.82, 2.24) is 0 Å². The van der Waals surface area contributed by atoms with Gasteiger partial charge in [-0.05, 0) is 19.3 Å². The molecule has 0 fully saturated rings. The van der Waals surface area contributed by atoms with Crippen molar-refractivity contribution in [2.45, 2.75) is 19.3 Å². The molecule has 0 radical (unpaired) electrons. The quantitative estimate of drug-likeness (QED) is 0.496. The van der Waals surface area contributed by atoms with E-state index in [1.54, 1.807) is 0 Å². The van der Waals surface area contributed by atoms with E-state index in [1.165, 1.54) is 0 Å². The molecule has 4 heteroatoms. The fraction of sp³-hybridized carbons (Fsp3) is 0.875. The highest BCUT2D eigenvalue weighted by Gasteiger charge is 1.96. The molecule has 0 bridgehead atoms. The normalized spacial score (nSPS) is 10.2. The van der Waals surface area contributed by atoms with E-state index >= 15 is 0 Å². The molecule has 4 nitrogen and oxygen atoms in total. The first kappa shape index (κ1) is 11.6. The lowest BCUT2D eigenvalue weighted by Gasteiger charge is -2.01. The van der Waals surface area contributed by atoms with Crippen LogP contribution in [0.2, 0.25) is 0 Å². The average molecular weight is 175 g/mol. The van der Waals surface area contributed by atoms with Crippen LogP contribution >= 0.6 is 0 Å². The Labute approximate surface area is 72.7 Å². The van der Waals surface area contributed by atoms with E-state index in [9.17, 15) is 4.79 Å². The van der Waals surface area contributed by atoms with E-state index in [1.807, 2.05) is 0 Å². The maximum atomic E-state index is 10.6. The van der Waals surface area contributed by atoms with E-state index in [-0.39, 0.29) is 25.5 Å². The number of hydrogen-bond donors (Lipinski definition) is 2. The zero-order valence-electron chi connectivity index (χ0n) is 7.29. The van der Waals surface area contributed by atoms with Crippen molar-refractivity contribution in [3.63, 3.8) is 0 Å². The van der Waals surface area contributed by atoms with Gasteiger partial charge in [0.25, 0.3) is 0 Å². The highest BCUT2D eigenvalue weighted by molar-refractivity contribution is 5.81. The standard InChI is InChI=1S/C8H17NO3/c9-6-8(11)7-12-5-3-1-2-4-10/h10H,1-7,9H2. The number of Topliss-reactive ketones (excluding diaryl/α,β-unsaturated/α-hetero) is 1. The summed E-state index contributed by atoms with van der Waals surface area (Å²) >= 11 is 0. The second-order valence-corrected chi connectivity index (χ2v) is 2.58. The summed E-state index contributed by atoms with van der Waals surface area (Å²) in [6.07, 6.45) is 2.62. The lowest BCUT2D eigenvalue weighted by Crippen LogP contribution is -2.19. The number of aliphatic hydroxyl groups excluding tert-OH is 1. The summed E-state index contributed by atoms with van der Waals surface area (Å²) in [5.41, 5.74) is 5.07. The summed E-state index contributed by atoms with van der Waals surface area (Å²) in [5.74, 6) is -0.0721. The number of hydrogen-bond acceptors (Lipinski definition) is 4. The molecule has 72 valence electrons. The number of unbranched alkanes of at least 4 members (excludes halogenated alkanes) is 2. The summed E-state index contributed by atoms with van der Waals surface area (Å²) in [7, 11) is 0. The van der Waals surface area contributed by atoms with Gasteiger partial charge in [-0.15, -0.1) is 0 Å². The zero-order valence-corrected chi connectivity index (χ0v) is 7.29. The Morgan fingerprint density at radius 3 is 2.67 bits per heavy atom. The van der Waals surface area contributed by atoms with Gasteiger partial charge in [0, 0.05) is 13.2 Å². The topological polar surface area (TPSA) is 72.6 Å². The third kappa shape index (κ3) is 7.65. The van der Waals surface area contributed by atoms with Gasteiger partial charge in [0.05, 0.1) is 6.54 Å². The number of aliphatic hydroxyl groups is 1. The van der Waals surface area contributed by atoms with Crippen molar-refractivity contribution in [3.8, 4) is 0 Å². The minimum Gasteiger partial charge on any atom is -0.396 e. The molecule has 0 atom stereocenters. The second kappa shape index (κ2) is 8.64. The van der Waals surface area contributed by atoms with Gasteiger partial charge >= 0.3 is 0 Å². The van der Waals surface area contributed by atoms with Gasteiger partial charge in [0.2, 0.25) is 0 Å². The summed E-state index contributed by atoms with van der Waals surface area (Å²) in [6, 6.07) is 0. The highest BCUT2D eigenvalue weighted by atomic mass is 16.5. The number of nitrogens with two attached hydrogens (primary N) is 1. The van der Waals surface area contributed by atoms with Crippen LogP contribution in [0.1, 0.15) is 19.3 Å². The summed E-state index contributed by atoms with van der Waals surface area (Å²) < 4.78 is 5.02. The molecule has 0 spiro atoms. The molecule has 3 N–H and O–H groups in total. The molecule has 0 aliphatic rings. The van der Waals surface area contributed by atoms with Crippen LogP contribution in [-0.2, 0) is 9.53 Å². The fourth-order valence-electron chi connectivity index (χ4n) is 0.738. The van der Waals surface area contributed by atoms with Crippen molar-refractivity contribution in [3.05, 3.63) is 0 Å². The number of carbonyl (C=O) groups excluding carboxylic acids is 1. The Kier molecular flexibility index (Phi) is 8.32. The van der Waals surface area contributed by atoms with Crippen molar-refractivity contribution in [2.24, 2.45) is 5.73 Å². The summed E-state index contributed by atoms with van der Waals surface area (Å²) in [5, 5.41) is 8.44. The largest absolute Gasteiger partial charge is 0.396 e. The minimum absolute atomic E-state index is 0.0522. The van der Waals surface area contributed by atoms with E-state index in [0.29, 0.717) is 6.61 Å². The Morgan fingerprint density at radius 2 is 2.08 bits per heavy atom. The van der Waals surface area contributed by atoms with Gasteiger partial charge in [-0.1, -0.05) is 0 Å². The fourth-order valence-corrected chi connectivity index (χ4v) is 0.738. The van der Waals surface area contributed by atoms with Crippen LogP contribution in [0, 0.1) is 0 Å². The molecule has 0 aliphatic heterocycles. The zero-order chi connectivity index (χ0) is 9.23. The van der Waals surface area contributed by atoms with Crippen molar-refractivity contribution >= 4 is 5.78 Å². The number of ether oxygens (including phenoxy) is 1. The molecule has 0 amide bonds. The lowest BCUT2D eigenvalue weighted by atomic mass is 10.2. The molecular formula is C8H17NO3. The van der Waals surface area contributed by atoms with Crippen LogP contribution in [0.25, 0.3) is 0 Å². The molecule has 0 aromatic heterocycles. The first-order chi connectivity index (χ1) is 5.81. The van der Waals surface area contributed by atoms with E-state index in [2.05, 4.69) is 0 Å². The lowest BCUT2D eigenvalue weighted by molar-refractivity contribution is -0.122. The van der Waals surface area contributed by atoms with Crippen LogP contribution < -0.4 is 5.73 Å². The molecule has 12 heavy (non-hydrogen) atoms. The average Bonchev–Trinajstić information content (AvgIpc) is 2.10. The third-order valence-electron chi connectivity index (χ3n) is 1.44. The van der Waals surface area contributed by atoms with Crippen LogP contribution in [0.4, 0.5) is 0 Å². The maximum Gasteiger partial charge on any atom is 0.171 e.